The van der Waals surface area contributed by atoms with Crippen LogP contribution in [0.2, 0.25) is 0 Å². The van der Waals surface area contributed by atoms with Gasteiger partial charge < -0.3 is 10.3 Å². The molecule has 3 aromatic heterocycles. The number of para-hydroxylation sites is 1. The number of hydrogen-bond donors (Lipinski definition) is 2. The van der Waals surface area contributed by atoms with Crippen LogP contribution in [0.15, 0.2) is 71.3 Å². The number of carbonyl (C=O) groups excluding carboxylic acids is 1. The van der Waals surface area contributed by atoms with Gasteiger partial charge in [0.25, 0.3) is 0 Å². The van der Waals surface area contributed by atoms with Crippen molar-refractivity contribution in [2.45, 2.75) is 17.1 Å². The Labute approximate surface area is 184 Å². The Bertz CT molecular complexity index is 1150. The first-order chi connectivity index (χ1) is 14.9. The maximum atomic E-state index is 12.6. The van der Waals surface area contributed by atoms with Crippen LogP contribution < -0.4 is 5.32 Å². The lowest BCUT2D eigenvalue weighted by molar-refractivity contribution is -0.137. The minimum absolute atomic E-state index is 0.00528. The molecule has 160 valence electrons. The lowest BCUT2D eigenvalue weighted by Crippen LogP contribution is -2.30. The molecule has 0 spiro atoms. The summed E-state index contributed by atoms with van der Waals surface area (Å²) in [5.41, 5.74) is 1.34. The summed E-state index contributed by atoms with van der Waals surface area (Å²) in [6.45, 7) is 0.419. The molecule has 0 fully saturated rings. The molecule has 4 aromatic rings. The number of nitrogens with one attached hydrogen (secondary N) is 2. The van der Waals surface area contributed by atoms with E-state index in [0.717, 1.165) is 45.4 Å². The zero-order chi connectivity index (χ0) is 21.8. The van der Waals surface area contributed by atoms with Crippen molar-refractivity contribution in [3.63, 3.8) is 0 Å². The van der Waals surface area contributed by atoms with E-state index in [1.54, 1.807) is 11.3 Å². The van der Waals surface area contributed by atoms with Gasteiger partial charge in [-0.2, -0.15) is 13.2 Å². The van der Waals surface area contributed by atoms with Crippen LogP contribution in [0, 0.1) is 0 Å². The molecule has 3 heterocycles. The Balaban J connectivity index is 1.40. The average molecular weight is 462 g/mol. The Morgan fingerprint density at radius 2 is 2.00 bits per heavy atom. The van der Waals surface area contributed by atoms with Crippen LogP contribution in [-0.2, 0) is 11.0 Å². The molecule has 0 aliphatic heterocycles. The van der Waals surface area contributed by atoms with Gasteiger partial charge in [-0.25, -0.2) is 4.98 Å². The normalized spacial score (nSPS) is 12.7. The fourth-order valence-electron chi connectivity index (χ4n) is 3.28. The number of aromatic nitrogens is 2. The van der Waals surface area contributed by atoms with Gasteiger partial charge in [-0.15, -0.1) is 11.3 Å². The van der Waals surface area contributed by atoms with E-state index in [9.17, 15) is 18.0 Å². The SMILES string of the molecule is O=C(CSc1ccc(C(F)(F)F)cn1)NCC(c1cccs1)c1c[nH]c2ccccc12. The smallest absolute Gasteiger partial charge is 0.361 e. The molecule has 1 amide bonds. The summed E-state index contributed by atoms with van der Waals surface area (Å²) in [5.74, 6) is -0.133. The van der Waals surface area contributed by atoms with Gasteiger partial charge in [-0.3, -0.25) is 4.79 Å². The molecular weight excluding hydrogens is 443 g/mol. The fourth-order valence-corrected chi connectivity index (χ4v) is 4.79. The number of thiophene rings is 1. The zero-order valence-electron chi connectivity index (χ0n) is 16.1. The molecule has 1 aromatic carbocycles. The van der Waals surface area contributed by atoms with Gasteiger partial charge in [0, 0.05) is 40.6 Å². The molecule has 0 aliphatic rings. The van der Waals surface area contributed by atoms with Crippen LogP contribution >= 0.6 is 23.1 Å². The highest BCUT2D eigenvalue weighted by Crippen LogP contribution is 2.33. The van der Waals surface area contributed by atoms with Crippen LogP contribution in [0.5, 0.6) is 0 Å². The average Bonchev–Trinajstić information content (AvgIpc) is 3.43. The van der Waals surface area contributed by atoms with Crippen LogP contribution in [0.1, 0.15) is 21.9 Å². The minimum atomic E-state index is -4.42. The van der Waals surface area contributed by atoms with E-state index in [1.807, 2.05) is 41.9 Å². The second kappa shape index (κ2) is 9.15. The fraction of sp³-hybridized carbons (Fsp3) is 0.182. The summed E-state index contributed by atoms with van der Waals surface area (Å²) >= 11 is 2.73. The maximum Gasteiger partial charge on any atom is 0.417 e. The number of nitrogens with zero attached hydrogens (tertiary/aromatic N) is 1. The number of pyridine rings is 1. The topological polar surface area (TPSA) is 57.8 Å². The molecule has 4 nitrogen and oxygen atoms in total. The number of hydrogen-bond acceptors (Lipinski definition) is 4. The quantitative estimate of drug-likeness (QED) is 0.348. The second-order valence-corrected chi connectivity index (χ2v) is 8.81. The highest BCUT2D eigenvalue weighted by Gasteiger charge is 2.30. The first-order valence-corrected chi connectivity index (χ1v) is 11.3. The molecule has 0 aliphatic carbocycles. The third kappa shape index (κ3) is 5.11. The summed E-state index contributed by atoms with van der Waals surface area (Å²) in [6, 6.07) is 14.3. The first kappa shape index (κ1) is 21.5. The van der Waals surface area contributed by atoms with Crippen LogP contribution in [0.4, 0.5) is 13.2 Å². The minimum Gasteiger partial charge on any atom is -0.361 e. The van der Waals surface area contributed by atoms with E-state index in [2.05, 4.69) is 21.4 Å². The van der Waals surface area contributed by atoms with E-state index >= 15 is 0 Å². The lowest BCUT2D eigenvalue weighted by Gasteiger charge is -2.16. The van der Waals surface area contributed by atoms with Crippen molar-refractivity contribution in [1.82, 2.24) is 15.3 Å². The number of halogens is 3. The Morgan fingerprint density at radius 1 is 1.16 bits per heavy atom. The molecule has 4 rings (SSSR count). The number of aromatic amines is 1. The number of benzene rings is 1. The van der Waals surface area contributed by atoms with Crippen molar-refractivity contribution in [1.29, 1.82) is 0 Å². The van der Waals surface area contributed by atoms with Gasteiger partial charge in [0.2, 0.25) is 5.91 Å². The van der Waals surface area contributed by atoms with Crippen molar-refractivity contribution in [2.24, 2.45) is 0 Å². The summed E-state index contributed by atoms with van der Waals surface area (Å²) < 4.78 is 37.9. The second-order valence-electron chi connectivity index (χ2n) is 6.83. The van der Waals surface area contributed by atoms with E-state index in [1.165, 1.54) is 6.07 Å². The lowest BCUT2D eigenvalue weighted by atomic mass is 9.96. The number of amides is 1. The van der Waals surface area contributed by atoms with Crippen LogP contribution in [-0.4, -0.2) is 28.2 Å². The molecular formula is C22H18F3N3OS2. The Hall–Kier alpha value is -2.78. The monoisotopic (exact) mass is 461 g/mol. The van der Waals surface area contributed by atoms with Crippen molar-refractivity contribution in [3.05, 3.63) is 82.3 Å². The number of alkyl halides is 3. The third-order valence-electron chi connectivity index (χ3n) is 4.80. The number of H-pyrrole nitrogens is 1. The highest BCUT2D eigenvalue weighted by molar-refractivity contribution is 7.99. The first-order valence-electron chi connectivity index (χ1n) is 9.44. The summed E-state index contributed by atoms with van der Waals surface area (Å²) in [5, 5.41) is 6.44. The van der Waals surface area contributed by atoms with Crippen molar-refractivity contribution in [2.75, 3.05) is 12.3 Å². The third-order valence-corrected chi connectivity index (χ3v) is 6.73. The standard InChI is InChI=1S/C22H18F3N3OS2/c23-22(24,25)14-7-8-21(28-10-14)31-13-20(29)27-12-17(19-6-3-9-30-19)16-11-26-18-5-2-1-4-15(16)18/h1-11,17,26H,12-13H2,(H,27,29). The van der Waals surface area contributed by atoms with Crippen molar-refractivity contribution in [3.8, 4) is 0 Å². The molecule has 1 unspecified atom stereocenters. The number of rotatable bonds is 7. The number of fused-ring (bicyclic) bond motifs is 1. The number of thioether (sulfide) groups is 1. The summed E-state index contributed by atoms with van der Waals surface area (Å²) in [7, 11) is 0. The Morgan fingerprint density at radius 3 is 2.71 bits per heavy atom. The van der Waals surface area contributed by atoms with Gasteiger partial charge in [-0.1, -0.05) is 36.0 Å². The number of carbonyl (C=O) groups is 1. The molecule has 0 saturated heterocycles. The molecule has 9 heteroatoms. The molecule has 0 saturated carbocycles. The van der Waals surface area contributed by atoms with E-state index in [4.69, 9.17) is 0 Å². The van der Waals surface area contributed by atoms with Gasteiger partial charge in [0.1, 0.15) is 0 Å². The Kier molecular flexibility index (Phi) is 6.33. The zero-order valence-corrected chi connectivity index (χ0v) is 17.8. The molecule has 2 N–H and O–H groups in total. The molecule has 1 atom stereocenters. The summed E-state index contributed by atoms with van der Waals surface area (Å²) in [4.78, 5) is 20.6. The summed E-state index contributed by atoms with van der Waals surface area (Å²) in [6.07, 6.45) is -1.67. The van der Waals surface area contributed by atoms with Gasteiger partial charge in [-0.05, 0) is 35.2 Å². The van der Waals surface area contributed by atoms with E-state index < -0.39 is 11.7 Å². The van der Waals surface area contributed by atoms with Gasteiger partial charge >= 0.3 is 6.18 Å². The van der Waals surface area contributed by atoms with E-state index in [0.29, 0.717) is 11.6 Å². The van der Waals surface area contributed by atoms with Crippen LogP contribution in [0.3, 0.4) is 0 Å². The van der Waals surface area contributed by atoms with Crippen molar-refractivity contribution >= 4 is 39.9 Å². The van der Waals surface area contributed by atoms with Gasteiger partial charge in [0.15, 0.2) is 0 Å². The molecule has 0 radical (unpaired) electrons. The maximum absolute atomic E-state index is 12.6. The largest absolute Gasteiger partial charge is 0.417 e. The van der Waals surface area contributed by atoms with Gasteiger partial charge in [0.05, 0.1) is 16.3 Å². The predicted octanol–water partition coefficient (Wildman–Crippen LogP) is 5.68. The molecule has 0 bridgehead atoms. The predicted molar refractivity (Wildman–Crippen MR) is 117 cm³/mol. The highest BCUT2D eigenvalue weighted by atomic mass is 32.2. The van der Waals surface area contributed by atoms with Crippen molar-refractivity contribution < 1.29 is 18.0 Å². The molecule has 31 heavy (non-hydrogen) atoms. The van der Waals surface area contributed by atoms with Crippen LogP contribution in [0.25, 0.3) is 10.9 Å². The van der Waals surface area contributed by atoms with E-state index in [-0.39, 0.29) is 17.6 Å².